The highest BCUT2D eigenvalue weighted by molar-refractivity contribution is 5.75. The molecule has 7 nitrogen and oxygen atoms in total. The van der Waals surface area contributed by atoms with Crippen molar-refractivity contribution in [2.45, 2.75) is 59.0 Å². The van der Waals surface area contributed by atoms with E-state index in [4.69, 9.17) is 4.52 Å². The number of aryl methyl sites for hydroxylation is 3. The zero-order valence-corrected chi connectivity index (χ0v) is 15.5. The second kappa shape index (κ2) is 7.29. The molecule has 1 N–H and O–H groups in total. The second-order valence-corrected chi connectivity index (χ2v) is 6.89. The van der Waals surface area contributed by atoms with Crippen molar-refractivity contribution in [3.05, 3.63) is 35.0 Å². The first kappa shape index (κ1) is 17.5. The van der Waals surface area contributed by atoms with E-state index in [1.165, 1.54) is 0 Å². The summed E-state index contributed by atoms with van der Waals surface area (Å²) >= 11 is 0. The SMILES string of the molecule is CC[C@@H](NC(=O)N1CCC[C@H](n2cc(C)cn2)C1)c1c(C)noc1C. The van der Waals surface area contributed by atoms with E-state index in [1.54, 1.807) is 0 Å². The Balaban J connectivity index is 1.67. The van der Waals surface area contributed by atoms with E-state index in [-0.39, 0.29) is 18.1 Å². The van der Waals surface area contributed by atoms with Gasteiger partial charge in [0.1, 0.15) is 5.76 Å². The zero-order valence-electron chi connectivity index (χ0n) is 15.5. The standard InChI is InChI=1S/C18H27N5O2/c1-5-16(17-13(3)21-25-14(17)4)20-18(24)22-8-6-7-15(11-22)23-10-12(2)9-19-23/h9-10,15-16H,5-8,11H2,1-4H3,(H,20,24)/t15-,16+/m0/s1. The highest BCUT2D eigenvalue weighted by atomic mass is 16.5. The third-order valence-corrected chi connectivity index (χ3v) is 4.93. The average Bonchev–Trinajstić information content (AvgIpc) is 3.19. The van der Waals surface area contributed by atoms with Crippen molar-refractivity contribution >= 4 is 6.03 Å². The average molecular weight is 345 g/mol. The molecule has 0 radical (unpaired) electrons. The van der Waals surface area contributed by atoms with Crippen LogP contribution in [-0.2, 0) is 0 Å². The lowest BCUT2D eigenvalue weighted by molar-refractivity contribution is 0.159. The number of likely N-dealkylation sites (tertiary alicyclic amines) is 1. The molecule has 7 heteroatoms. The number of carbonyl (C=O) groups is 1. The Morgan fingerprint density at radius 2 is 2.24 bits per heavy atom. The molecule has 0 aromatic carbocycles. The molecule has 2 aromatic heterocycles. The quantitative estimate of drug-likeness (QED) is 0.922. The van der Waals surface area contributed by atoms with E-state index in [2.05, 4.69) is 22.5 Å². The summed E-state index contributed by atoms with van der Waals surface area (Å²) in [6.45, 7) is 9.36. The molecular formula is C18H27N5O2. The van der Waals surface area contributed by atoms with Gasteiger partial charge in [0.05, 0.1) is 24.0 Å². The molecule has 136 valence electrons. The van der Waals surface area contributed by atoms with Crippen LogP contribution in [0.5, 0.6) is 0 Å². The fourth-order valence-corrected chi connectivity index (χ4v) is 3.59. The molecule has 1 saturated heterocycles. The number of hydrogen-bond donors (Lipinski definition) is 1. The van der Waals surface area contributed by atoms with Crippen LogP contribution >= 0.6 is 0 Å². The Morgan fingerprint density at radius 3 is 2.84 bits per heavy atom. The van der Waals surface area contributed by atoms with Gasteiger partial charge in [-0.3, -0.25) is 4.68 Å². The van der Waals surface area contributed by atoms with Crippen molar-refractivity contribution in [2.24, 2.45) is 0 Å². The number of carbonyl (C=O) groups excluding carboxylic acids is 1. The zero-order chi connectivity index (χ0) is 18.0. The summed E-state index contributed by atoms with van der Waals surface area (Å²) in [4.78, 5) is 14.7. The van der Waals surface area contributed by atoms with Crippen LogP contribution in [0.3, 0.4) is 0 Å². The number of hydrogen-bond acceptors (Lipinski definition) is 4. The number of piperidine rings is 1. The summed E-state index contributed by atoms with van der Waals surface area (Å²) in [5, 5.41) is 11.6. The molecule has 2 aromatic rings. The summed E-state index contributed by atoms with van der Waals surface area (Å²) in [5.74, 6) is 0.771. The Kier molecular flexibility index (Phi) is 5.11. The lowest BCUT2D eigenvalue weighted by Gasteiger charge is -2.34. The van der Waals surface area contributed by atoms with Crippen LogP contribution in [0, 0.1) is 20.8 Å². The Labute approximate surface area is 148 Å². The summed E-state index contributed by atoms with van der Waals surface area (Å²) < 4.78 is 7.24. The van der Waals surface area contributed by atoms with Crippen LogP contribution in [0.4, 0.5) is 4.79 Å². The molecule has 1 aliphatic heterocycles. The largest absolute Gasteiger partial charge is 0.361 e. The van der Waals surface area contributed by atoms with Gasteiger partial charge < -0.3 is 14.7 Å². The first-order valence-corrected chi connectivity index (χ1v) is 8.98. The van der Waals surface area contributed by atoms with Crippen LogP contribution in [-0.4, -0.2) is 39.0 Å². The van der Waals surface area contributed by atoms with Crippen molar-refractivity contribution < 1.29 is 9.32 Å². The summed E-state index contributed by atoms with van der Waals surface area (Å²) in [5.41, 5.74) is 2.98. The van der Waals surface area contributed by atoms with Crippen molar-refractivity contribution in [3.63, 3.8) is 0 Å². The van der Waals surface area contributed by atoms with Gasteiger partial charge in [-0.25, -0.2) is 4.79 Å². The van der Waals surface area contributed by atoms with E-state index in [0.717, 1.165) is 48.4 Å². The molecule has 0 aliphatic carbocycles. The topological polar surface area (TPSA) is 76.2 Å². The molecule has 0 unspecified atom stereocenters. The lowest BCUT2D eigenvalue weighted by Crippen LogP contribution is -2.47. The minimum atomic E-state index is -0.0777. The molecule has 3 rings (SSSR count). The predicted octanol–water partition coefficient (Wildman–Crippen LogP) is 3.29. The molecular weight excluding hydrogens is 318 g/mol. The highest BCUT2D eigenvalue weighted by Gasteiger charge is 2.28. The molecule has 0 saturated carbocycles. The molecule has 2 amide bonds. The van der Waals surface area contributed by atoms with Crippen molar-refractivity contribution in [1.29, 1.82) is 0 Å². The monoisotopic (exact) mass is 345 g/mol. The number of amides is 2. The third-order valence-electron chi connectivity index (χ3n) is 4.93. The lowest BCUT2D eigenvalue weighted by atomic mass is 10.0. The van der Waals surface area contributed by atoms with E-state index < -0.39 is 0 Å². The molecule has 3 heterocycles. The van der Waals surface area contributed by atoms with Crippen LogP contribution in [0.1, 0.15) is 60.9 Å². The predicted molar refractivity (Wildman–Crippen MR) is 94.3 cm³/mol. The highest BCUT2D eigenvalue weighted by Crippen LogP contribution is 2.26. The van der Waals surface area contributed by atoms with E-state index in [0.29, 0.717) is 6.54 Å². The number of nitrogens with one attached hydrogen (secondary N) is 1. The van der Waals surface area contributed by atoms with Crippen molar-refractivity contribution in [2.75, 3.05) is 13.1 Å². The van der Waals surface area contributed by atoms with Crippen LogP contribution in [0.25, 0.3) is 0 Å². The van der Waals surface area contributed by atoms with Gasteiger partial charge in [0, 0.05) is 24.8 Å². The van der Waals surface area contributed by atoms with Gasteiger partial charge in [-0.15, -0.1) is 0 Å². The third kappa shape index (κ3) is 3.70. The minimum absolute atomic E-state index is 0.0274. The van der Waals surface area contributed by atoms with Gasteiger partial charge in [-0.1, -0.05) is 12.1 Å². The normalized spacial score (nSPS) is 19.0. The molecule has 25 heavy (non-hydrogen) atoms. The van der Waals surface area contributed by atoms with Crippen molar-refractivity contribution in [3.8, 4) is 0 Å². The molecule has 1 fully saturated rings. The van der Waals surface area contributed by atoms with Crippen LogP contribution in [0.2, 0.25) is 0 Å². The molecule has 2 atom stereocenters. The van der Waals surface area contributed by atoms with Gasteiger partial charge in [-0.05, 0) is 45.6 Å². The maximum absolute atomic E-state index is 12.8. The maximum atomic E-state index is 12.8. The Morgan fingerprint density at radius 1 is 1.44 bits per heavy atom. The van der Waals surface area contributed by atoms with Gasteiger partial charge in [0.25, 0.3) is 0 Å². The first-order valence-electron chi connectivity index (χ1n) is 8.98. The maximum Gasteiger partial charge on any atom is 0.317 e. The summed E-state index contributed by atoms with van der Waals surface area (Å²) in [6, 6.07) is 0.138. The van der Waals surface area contributed by atoms with Gasteiger partial charge >= 0.3 is 6.03 Å². The minimum Gasteiger partial charge on any atom is -0.361 e. The smallest absolute Gasteiger partial charge is 0.317 e. The number of nitrogens with zero attached hydrogens (tertiary/aromatic N) is 4. The molecule has 1 aliphatic rings. The summed E-state index contributed by atoms with van der Waals surface area (Å²) in [6.07, 6.45) is 6.74. The van der Waals surface area contributed by atoms with Crippen LogP contribution < -0.4 is 5.32 Å². The van der Waals surface area contributed by atoms with Crippen molar-refractivity contribution in [1.82, 2.24) is 25.2 Å². The van der Waals surface area contributed by atoms with Gasteiger partial charge in [0.15, 0.2) is 0 Å². The Bertz CT molecular complexity index is 716. The van der Waals surface area contributed by atoms with Gasteiger partial charge in [-0.2, -0.15) is 5.10 Å². The van der Waals surface area contributed by atoms with E-state index >= 15 is 0 Å². The Hall–Kier alpha value is -2.31. The fraction of sp³-hybridized carbons (Fsp3) is 0.611. The molecule has 0 spiro atoms. The van der Waals surface area contributed by atoms with Crippen LogP contribution in [0.15, 0.2) is 16.9 Å². The van der Waals surface area contributed by atoms with Gasteiger partial charge in [0.2, 0.25) is 0 Å². The van der Waals surface area contributed by atoms with E-state index in [1.807, 2.05) is 42.7 Å². The fourth-order valence-electron chi connectivity index (χ4n) is 3.59. The number of rotatable bonds is 4. The second-order valence-electron chi connectivity index (χ2n) is 6.89. The number of aromatic nitrogens is 3. The number of urea groups is 1. The first-order chi connectivity index (χ1) is 12.0. The summed E-state index contributed by atoms with van der Waals surface area (Å²) in [7, 11) is 0. The molecule has 0 bridgehead atoms. The van der Waals surface area contributed by atoms with E-state index in [9.17, 15) is 4.79 Å².